The molecule has 0 radical (unpaired) electrons. The highest BCUT2D eigenvalue weighted by Gasteiger charge is 2.18. The maximum atomic E-state index is 12.6. The van der Waals surface area contributed by atoms with Crippen LogP contribution in [0.25, 0.3) is 0 Å². The largest absolute Gasteiger partial charge is 0.497 e. The van der Waals surface area contributed by atoms with Gasteiger partial charge >= 0.3 is 0 Å². The molecule has 1 unspecified atom stereocenters. The van der Waals surface area contributed by atoms with Gasteiger partial charge in [0.1, 0.15) is 29.6 Å². The number of hydrogen-bond donors (Lipinski definition) is 1. The Morgan fingerprint density at radius 3 is 2.45 bits per heavy atom. The Kier molecular flexibility index (Phi) is 7.03. The number of nitrogens with one attached hydrogen (secondary N) is 1. The number of methoxy groups -OCH3 is 2. The topological polar surface area (TPSA) is 69.9 Å². The normalized spacial score (nSPS) is 11.6. The lowest BCUT2D eigenvalue weighted by molar-refractivity contribution is 0.0907. The fourth-order valence-corrected chi connectivity index (χ4v) is 3.15. The molecule has 0 aliphatic carbocycles. The molecule has 7 heteroatoms. The predicted octanol–water partition coefficient (Wildman–Crippen LogP) is 4.97. The van der Waals surface area contributed by atoms with E-state index in [0.717, 1.165) is 14.9 Å². The van der Waals surface area contributed by atoms with Crippen LogP contribution in [0.3, 0.4) is 0 Å². The fourth-order valence-electron chi connectivity index (χ4n) is 2.79. The average Bonchev–Trinajstić information content (AvgIpc) is 3.22. The Morgan fingerprint density at radius 2 is 1.76 bits per heavy atom. The second-order valence-electron chi connectivity index (χ2n) is 6.31. The summed E-state index contributed by atoms with van der Waals surface area (Å²) in [6, 6.07) is 16.2. The number of furan rings is 1. The minimum atomic E-state index is -0.317. The van der Waals surface area contributed by atoms with Gasteiger partial charge in [-0.15, -0.1) is 0 Å². The van der Waals surface area contributed by atoms with Crippen LogP contribution in [0.1, 0.15) is 34.8 Å². The molecule has 0 saturated carbocycles. The summed E-state index contributed by atoms with van der Waals surface area (Å²) in [7, 11) is 3.18. The van der Waals surface area contributed by atoms with Crippen LogP contribution in [0.2, 0.25) is 0 Å². The summed E-state index contributed by atoms with van der Waals surface area (Å²) in [6.07, 6.45) is 0. The molecule has 1 heterocycles. The van der Waals surface area contributed by atoms with Crippen molar-refractivity contribution in [2.45, 2.75) is 19.6 Å². The maximum absolute atomic E-state index is 12.6. The van der Waals surface area contributed by atoms with E-state index in [4.69, 9.17) is 18.6 Å². The number of carbonyl (C=O) groups excluding carboxylic acids is 1. The number of halogens is 1. The summed E-state index contributed by atoms with van der Waals surface area (Å²) in [5.74, 6) is 2.58. The molecule has 0 spiro atoms. The molecule has 29 heavy (non-hydrogen) atoms. The van der Waals surface area contributed by atoms with Crippen LogP contribution in [-0.2, 0) is 6.61 Å². The first-order chi connectivity index (χ1) is 14.0. The Hall–Kier alpha value is -2.68. The third-order valence-electron chi connectivity index (χ3n) is 4.33. The number of benzene rings is 2. The van der Waals surface area contributed by atoms with E-state index in [2.05, 4.69) is 27.9 Å². The average molecular weight is 507 g/mol. The van der Waals surface area contributed by atoms with Crippen molar-refractivity contribution in [3.8, 4) is 17.2 Å². The van der Waals surface area contributed by atoms with Gasteiger partial charge in [0.25, 0.3) is 5.91 Å². The maximum Gasteiger partial charge on any atom is 0.287 e. The molecule has 0 aliphatic rings. The molecule has 1 amide bonds. The van der Waals surface area contributed by atoms with E-state index in [-0.39, 0.29) is 24.3 Å². The van der Waals surface area contributed by atoms with Gasteiger partial charge in [0.15, 0.2) is 5.76 Å². The predicted molar refractivity (Wildman–Crippen MR) is 118 cm³/mol. The second-order valence-corrected chi connectivity index (χ2v) is 7.56. The first-order valence-corrected chi connectivity index (χ1v) is 10.1. The summed E-state index contributed by atoms with van der Waals surface area (Å²) >= 11 is 2.24. The van der Waals surface area contributed by atoms with Crippen molar-refractivity contribution in [3.63, 3.8) is 0 Å². The minimum absolute atomic E-state index is 0.222. The van der Waals surface area contributed by atoms with Gasteiger partial charge in [0.05, 0.1) is 20.3 Å². The van der Waals surface area contributed by atoms with Crippen molar-refractivity contribution >= 4 is 28.5 Å². The van der Waals surface area contributed by atoms with Gasteiger partial charge in [-0.1, -0.05) is 0 Å². The Balaban J connectivity index is 1.63. The molecule has 0 bridgehead atoms. The summed E-state index contributed by atoms with van der Waals surface area (Å²) in [5.41, 5.74) is 0.814. The molecule has 3 aromatic rings. The third kappa shape index (κ3) is 5.44. The van der Waals surface area contributed by atoms with E-state index >= 15 is 0 Å². The molecule has 152 valence electrons. The zero-order chi connectivity index (χ0) is 20.8. The minimum Gasteiger partial charge on any atom is -0.497 e. The molecule has 0 saturated heterocycles. The van der Waals surface area contributed by atoms with Gasteiger partial charge in [0.2, 0.25) is 0 Å². The van der Waals surface area contributed by atoms with E-state index < -0.39 is 0 Å². The lowest BCUT2D eigenvalue weighted by Gasteiger charge is -2.17. The van der Waals surface area contributed by atoms with Gasteiger partial charge in [-0.3, -0.25) is 4.79 Å². The molecule has 1 aromatic heterocycles. The van der Waals surface area contributed by atoms with Crippen molar-refractivity contribution in [3.05, 3.63) is 75.3 Å². The van der Waals surface area contributed by atoms with Crippen LogP contribution in [-0.4, -0.2) is 20.1 Å². The van der Waals surface area contributed by atoms with E-state index in [1.807, 2.05) is 49.4 Å². The number of hydrogen-bond acceptors (Lipinski definition) is 5. The molecule has 6 nitrogen and oxygen atoms in total. The standard InChI is InChI=1S/C22H22INO5/c1-14(19-12-17(26-2)8-10-20(19)27-3)24-22(25)21-11-9-18(29-21)13-28-16-6-4-15(23)5-7-16/h4-12,14H,13H2,1-3H3,(H,24,25). The SMILES string of the molecule is COc1ccc(OC)c(C(C)NC(=O)c2ccc(COc3ccc(I)cc3)o2)c1. The highest BCUT2D eigenvalue weighted by atomic mass is 127. The van der Waals surface area contributed by atoms with E-state index in [1.54, 1.807) is 26.4 Å². The molecule has 0 fully saturated rings. The molecule has 0 aliphatic heterocycles. The lowest BCUT2D eigenvalue weighted by atomic mass is 10.1. The van der Waals surface area contributed by atoms with Crippen LogP contribution in [0.15, 0.2) is 59.0 Å². The molecule has 1 atom stereocenters. The van der Waals surface area contributed by atoms with Crippen LogP contribution >= 0.6 is 22.6 Å². The molecule has 1 N–H and O–H groups in total. The van der Waals surface area contributed by atoms with Crippen molar-refractivity contribution in [2.75, 3.05) is 14.2 Å². The zero-order valence-corrected chi connectivity index (χ0v) is 18.6. The number of amides is 1. The van der Waals surface area contributed by atoms with Gasteiger partial charge in [-0.25, -0.2) is 0 Å². The first-order valence-electron chi connectivity index (χ1n) is 9.00. The Labute approximate surface area is 183 Å². The fraction of sp³-hybridized carbons (Fsp3) is 0.227. The van der Waals surface area contributed by atoms with E-state index in [0.29, 0.717) is 17.3 Å². The van der Waals surface area contributed by atoms with Crippen LogP contribution in [0, 0.1) is 3.57 Å². The summed E-state index contributed by atoms with van der Waals surface area (Å²) in [5, 5.41) is 2.92. The Bertz CT molecular complexity index is 968. The third-order valence-corrected chi connectivity index (χ3v) is 5.05. The number of carbonyl (C=O) groups is 1. The highest BCUT2D eigenvalue weighted by Crippen LogP contribution is 2.29. The summed E-state index contributed by atoms with van der Waals surface area (Å²) < 4.78 is 23.1. The van der Waals surface area contributed by atoms with Crippen molar-refractivity contribution < 1.29 is 23.4 Å². The van der Waals surface area contributed by atoms with E-state index in [9.17, 15) is 4.79 Å². The highest BCUT2D eigenvalue weighted by molar-refractivity contribution is 14.1. The summed E-state index contributed by atoms with van der Waals surface area (Å²) in [6.45, 7) is 2.12. The molecular weight excluding hydrogens is 485 g/mol. The van der Waals surface area contributed by atoms with Crippen molar-refractivity contribution in [1.82, 2.24) is 5.32 Å². The van der Waals surface area contributed by atoms with Crippen LogP contribution < -0.4 is 19.5 Å². The smallest absolute Gasteiger partial charge is 0.287 e. The van der Waals surface area contributed by atoms with Gasteiger partial charge in [0, 0.05) is 9.13 Å². The lowest BCUT2D eigenvalue weighted by Crippen LogP contribution is -2.26. The quantitative estimate of drug-likeness (QED) is 0.436. The van der Waals surface area contributed by atoms with Crippen LogP contribution in [0.4, 0.5) is 0 Å². The van der Waals surface area contributed by atoms with Crippen molar-refractivity contribution in [2.24, 2.45) is 0 Å². The molecule has 3 rings (SSSR count). The van der Waals surface area contributed by atoms with Crippen molar-refractivity contribution in [1.29, 1.82) is 0 Å². The summed E-state index contributed by atoms with van der Waals surface area (Å²) in [4.78, 5) is 12.6. The second kappa shape index (κ2) is 9.69. The molecule has 2 aromatic carbocycles. The first kappa shape index (κ1) is 21.0. The van der Waals surface area contributed by atoms with Crippen LogP contribution in [0.5, 0.6) is 17.2 Å². The monoisotopic (exact) mass is 507 g/mol. The number of ether oxygens (including phenoxy) is 3. The van der Waals surface area contributed by atoms with E-state index in [1.165, 1.54) is 0 Å². The van der Waals surface area contributed by atoms with Gasteiger partial charge < -0.3 is 23.9 Å². The van der Waals surface area contributed by atoms with Gasteiger partial charge in [-0.05, 0) is 84.1 Å². The Morgan fingerprint density at radius 1 is 1.03 bits per heavy atom. The molecular formula is C22H22INO5. The zero-order valence-electron chi connectivity index (χ0n) is 16.4. The number of rotatable bonds is 8. The van der Waals surface area contributed by atoms with Gasteiger partial charge in [-0.2, -0.15) is 0 Å².